The Kier molecular flexibility index (Phi) is 10.7. The maximum Gasteiger partial charge on any atom is 0.416 e. The number of carbonyl (C=O) groups is 2. The van der Waals surface area contributed by atoms with Crippen molar-refractivity contribution in [1.29, 1.82) is 5.26 Å². The van der Waals surface area contributed by atoms with E-state index in [1.54, 1.807) is 25.1 Å². The average Bonchev–Trinajstić information content (AvgIpc) is 3.43. The van der Waals surface area contributed by atoms with E-state index in [9.17, 15) is 28.0 Å². The van der Waals surface area contributed by atoms with Gasteiger partial charge in [0, 0.05) is 24.0 Å². The van der Waals surface area contributed by atoms with Crippen LogP contribution < -0.4 is 15.9 Å². The monoisotopic (exact) mass is 641 g/mol. The highest BCUT2D eigenvalue weighted by Crippen LogP contribution is 2.43. The number of alkyl halides is 3. The molecular weight excluding hydrogens is 607 g/mol. The van der Waals surface area contributed by atoms with Gasteiger partial charge in [-0.1, -0.05) is 12.1 Å². The lowest BCUT2D eigenvalue weighted by atomic mass is 9.89. The molecule has 1 atom stereocenters. The van der Waals surface area contributed by atoms with Crippen molar-refractivity contribution in [3.8, 4) is 6.07 Å². The van der Waals surface area contributed by atoms with Crippen LogP contribution in [0.1, 0.15) is 48.1 Å². The lowest BCUT2D eigenvalue weighted by molar-refractivity contribution is -0.138. The van der Waals surface area contributed by atoms with E-state index in [0.717, 1.165) is 43.6 Å². The molecule has 2 aromatic carbocycles. The molecule has 0 radical (unpaired) electrons. The van der Waals surface area contributed by atoms with E-state index in [1.165, 1.54) is 28.7 Å². The number of piperidine rings is 1. The minimum Gasteiger partial charge on any atom is -0.483 e. The number of H-pyrrole nitrogens is 1. The Morgan fingerprint density at radius 3 is 2.57 bits per heavy atom. The van der Waals surface area contributed by atoms with Gasteiger partial charge in [0.1, 0.15) is 6.04 Å². The minimum atomic E-state index is -4.61. The molecule has 0 spiro atoms. The van der Waals surface area contributed by atoms with Crippen LogP contribution in [0.5, 0.6) is 0 Å². The number of allylic oxidation sites excluding steroid dienone is 1. The number of halogens is 3. The van der Waals surface area contributed by atoms with E-state index < -0.39 is 29.4 Å². The van der Waals surface area contributed by atoms with Crippen molar-refractivity contribution < 1.29 is 32.6 Å². The Morgan fingerprint density at radius 1 is 1.24 bits per heavy atom. The maximum absolute atomic E-state index is 13.6. The molecular formula is C31H34F3N7O5. The molecule has 3 N–H and O–H groups in total. The molecule has 1 unspecified atom stereocenters. The summed E-state index contributed by atoms with van der Waals surface area (Å²) < 4.78 is 47.3. The molecule has 0 amide bonds. The number of anilines is 2. The number of nitrogens with one attached hydrogen (secondary N) is 2. The van der Waals surface area contributed by atoms with Gasteiger partial charge in [0.05, 0.1) is 29.9 Å². The lowest BCUT2D eigenvalue weighted by Crippen LogP contribution is -2.42. The van der Waals surface area contributed by atoms with Gasteiger partial charge in [-0.05, 0) is 87.8 Å². The minimum absolute atomic E-state index is 0.0154. The van der Waals surface area contributed by atoms with Crippen molar-refractivity contribution in [2.24, 2.45) is 0 Å². The zero-order chi connectivity index (χ0) is 33.6. The van der Waals surface area contributed by atoms with Gasteiger partial charge in [-0.15, -0.1) is 5.10 Å². The van der Waals surface area contributed by atoms with Gasteiger partial charge in [-0.25, -0.2) is 19.3 Å². The van der Waals surface area contributed by atoms with Crippen LogP contribution in [0.3, 0.4) is 0 Å². The smallest absolute Gasteiger partial charge is 0.416 e. The number of rotatable bonds is 7. The number of hydrogen-bond acceptors (Lipinski definition) is 9. The second-order valence-corrected chi connectivity index (χ2v) is 10.8. The molecule has 3 heterocycles. The van der Waals surface area contributed by atoms with Crippen LogP contribution in [0.4, 0.5) is 24.8 Å². The van der Waals surface area contributed by atoms with Crippen LogP contribution in [0, 0.1) is 11.3 Å². The summed E-state index contributed by atoms with van der Waals surface area (Å²) in [5, 5.41) is 26.5. The SMILES string of the molecule is COC(=O)C1=C(C)N(c2cccc(C(F)(F)F)c2)c2n[nH]c(=O)n2C1c1ccc(C#N)cc1CCN(C)C1CCNCC1.O=CO. The summed E-state index contributed by atoms with van der Waals surface area (Å²) >= 11 is 0. The van der Waals surface area contributed by atoms with Crippen LogP contribution >= 0.6 is 0 Å². The predicted molar refractivity (Wildman–Crippen MR) is 161 cm³/mol. The molecule has 15 heteroatoms. The van der Waals surface area contributed by atoms with E-state index in [-0.39, 0.29) is 29.4 Å². The molecule has 1 saturated heterocycles. The predicted octanol–water partition coefficient (Wildman–Crippen LogP) is 3.58. The molecule has 12 nitrogen and oxygen atoms in total. The van der Waals surface area contributed by atoms with Crippen molar-refractivity contribution in [3.63, 3.8) is 0 Å². The van der Waals surface area contributed by atoms with E-state index in [1.807, 2.05) is 0 Å². The first-order valence-electron chi connectivity index (χ1n) is 14.4. The molecule has 2 aliphatic rings. The zero-order valence-corrected chi connectivity index (χ0v) is 25.5. The van der Waals surface area contributed by atoms with Gasteiger partial charge in [0.2, 0.25) is 5.95 Å². The summed E-state index contributed by atoms with van der Waals surface area (Å²) in [5.74, 6) is -0.734. The average molecular weight is 642 g/mol. The fourth-order valence-corrected chi connectivity index (χ4v) is 5.96. The summed E-state index contributed by atoms with van der Waals surface area (Å²) in [6.07, 6.45) is -2.06. The lowest BCUT2D eigenvalue weighted by Gasteiger charge is -2.36. The first-order valence-corrected chi connectivity index (χ1v) is 14.4. The van der Waals surface area contributed by atoms with Gasteiger partial charge in [-0.3, -0.25) is 9.69 Å². The van der Waals surface area contributed by atoms with E-state index in [4.69, 9.17) is 14.6 Å². The highest BCUT2D eigenvalue weighted by molar-refractivity contribution is 5.93. The normalized spacial score (nSPS) is 16.7. The van der Waals surface area contributed by atoms with Crippen molar-refractivity contribution in [2.45, 2.75) is 44.4 Å². The third kappa shape index (κ3) is 6.98. The summed E-state index contributed by atoms with van der Waals surface area (Å²) in [6, 6.07) is 11.2. The molecule has 5 rings (SSSR count). The fourth-order valence-electron chi connectivity index (χ4n) is 5.96. The number of ether oxygens (including phenoxy) is 1. The highest BCUT2D eigenvalue weighted by atomic mass is 19.4. The number of aromatic amines is 1. The van der Waals surface area contributed by atoms with Crippen molar-refractivity contribution in [1.82, 2.24) is 25.0 Å². The van der Waals surface area contributed by atoms with Crippen LogP contribution in [-0.4, -0.2) is 77.0 Å². The van der Waals surface area contributed by atoms with Crippen LogP contribution in [0.2, 0.25) is 0 Å². The number of benzene rings is 2. The number of likely N-dealkylation sites (N-methyl/N-ethyl adjacent to an activating group) is 1. The Balaban J connectivity index is 0.00000154. The maximum atomic E-state index is 13.6. The molecule has 3 aromatic rings. The van der Waals surface area contributed by atoms with Crippen molar-refractivity contribution in [3.05, 3.63) is 86.5 Å². The molecule has 2 aliphatic heterocycles. The molecule has 244 valence electrons. The van der Waals surface area contributed by atoms with Crippen LogP contribution in [0.15, 0.2) is 58.5 Å². The first-order chi connectivity index (χ1) is 22.0. The van der Waals surface area contributed by atoms with Gasteiger partial charge < -0.3 is 20.1 Å². The van der Waals surface area contributed by atoms with Crippen molar-refractivity contribution in [2.75, 3.05) is 38.7 Å². The number of nitrogens with zero attached hydrogens (tertiary/aromatic N) is 5. The second-order valence-electron chi connectivity index (χ2n) is 10.8. The van der Waals surface area contributed by atoms with E-state index in [2.05, 4.69) is 33.5 Å². The molecule has 0 aliphatic carbocycles. The molecule has 0 saturated carbocycles. The summed E-state index contributed by atoms with van der Waals surface area (Å²) in [7, 11) is 3.26. The summed E-state index contributed by atoms with van der Waals surface area (Å²) in [6.45, 7) is 3.87. The number of carbonyl (C=O) groups excluding carboxylic acids is 1. The number of nitriles is 1. The van der Waals surface area contributed by atoms with Gasteiger partial charge in [0.25, 0.3) is 6.47 Å². The molecule has 0 bridgehead atoms. The van der Waals surface area contributed by atoms with Gasteiger partial charge in [-0.2, -0.15) is 18.4 Å². The Bertz CT molecular complexity index is 1700. The van der Waals surface area contributed by atoms with Crippen molar-refractivity contribution >= 4 is 24.1 Å². The number of aromatic nitrogens is 3. The second kappa shape index (κ2) is 14.4. The Hall–Kier alpha value is -4.94. The largest absolute Gasteiger partial charge is 0.483 e. The van der Waals surface area contributed by atoms with Gasteiger partial charge in [0.15, 0.2) is 0 Å². The summed E-state index contributed by atoms with van der Waals surface area (Å²) in [5.41, 5.74) is 0.597. The Morgan fingerprint density at radius 2 is 1.93 bits per heavy atom. The van der Waals surface area contributed by atoms with E-state index in [0.29, 0.717) is 30.1 Å². The fraction of sp³-hybridized carbons (Fsp3) is 0.387. The quantitative estimate of drug-likeness (QED) is 0.257. The number of methoxy groups -OCH3 is 1. The number of carboxylic acid groups (broad SMARTS) is 1. The third-order valence-electron chi connectivity index (χ3n) is 8.21. The molecule has 46 heavy (non-hydrogen) atoms. The Labute approximate surface area is 262 Å². The first kappa shape index (κ1) is 33.9. The van der Waals surface area contributed by atoms with Crippen LogP contribution in [0.25, 0.3) is 0 Å². The van der Waals surface area contributed by atoms with E-state index >= 15 is 0 Å². The summed E-state index contributed by atoms with van der Waals surface area (Å²) in [4.78, 5) is 38.7. The van der Waals surface area contributed by atoms with Crippen LogP contribution in [-0.2, 0) is 26.9 Å². The zero-order valence-electron chi connectivity index (χ0n) is 25.5. The number of fused-ring (bicyclic) bond motifs is 1. The third-order valence-corrected chi connectivity index (χ3v) is 8.21. The number of hydrogen-bond donors (Lipinski definition) is 3. The molecule has 1 fully saturated rings. The standard InChI is InChI=1S/C30H32F3N7O3.CH2O2/c1-18-25(27(41)43-3)26(24-8-7-19(17-34)15-20(24)11-14-38(2)22-9-12-35-13-10-22)40-28(36-37-29(40)42)39(18)23-6-4-5-21(16-23)30(31,32)33;2-1-3/h4-8,15-16,22,26,35H,9-14H2,1-3H3,(H,37,42);1H,(H,2,3). The molecule has 1 aromatic heterocycles. The topological polar surface area (TPSA) is 157 Å². The highest BCUT2D eigenvalue weighted by Gasteiger charge is 2.41. The number of esters is 1. The van der Waals surface area contributed by atoms with Gasteiger partial charge >= 0.3 is 17.8 Å².